The van der Waals surface area contributed by atoms with Gasteiger partial charge < -0.3 is 10.2 Å². The lowest BCUT2D eigenvalue weighted by atomic mass is 10.0. The summed E-state index contributed by atoms with van der Waals surface area (Å²) in [6.45, 7) is 2.30. The van der Waals surface area contributed by atoms with Crippen LogP contribution in [0.1, 0.15) is 37.3 Å². The number of hydrogen-bond donors (Lipinski definition) is 1. The molecule has 108 valence electrons. The molecule has 1 aromatic carbocycles. The van der Waals surface area contributed by atoms with Crippen LogP contribution in [0, 0.1) is 5.92 Å². The van der Waals surface area contributed by atoms with Crippen molar-refractivity contribution in [3.8, 4) is 0 Å². The average Bonchev–Trinajstić information content (AvgIpc) is 3.14. The number of nitrogens with one attached hydrogen (secondary N) is 1. The number of rotatable bonds is 5. The quantitative estimate of drug-likeness (QED) is 0.905. The second kappa shape index (κ2) is 6.15. The molecule has 1 aliphatic carbocycles. The van der Waals surface area contributed by atoms with Gasteiger partial charge in [0.05, 0.1) is 6.54 Å². The highest BCUT2D eigenvalue weighted by Crippen LogP contribution is 2.41. The van der Waals surface area contributed by atoms with Crippen LogP contribution < -0.4 is 5.32 Å². The zero-order valence-corrected chi connectivity index (χ0v) is 12.4. The molecule has 1 saturated heterocycles. The minimum absolute atomic E-state index is 0.238. The van der Waals surface area contributed by atoms with Crippen LogP contribution in [0.5, 0.6) is 0 Å². The highest BCUT2D eigenvalue weighted by molar-refractivity contribution is 6.30. The normalized spacial score (nSPS) is 20.1. The van der Waals surface area contributed by atoms with Crippen molar-refractivity contribution in [3.05, 3.63) is 34.9 Å². The maximum absolute atomic E-state index is 12.1. The van der Waals surface area contributed by atoms with E-state index in [1.165, 1.54) is 18.4 Å². The molecule has 0 bridgehead atoms. The largest absolute Gasteiger partial charge is 0.342 e. The van der Waals surface area contributed by atoms with E-state index in [4.69, 9.17) is 11.6 Å². The monoisotopic (exact) mass is 292 g/mol. The Kier molecular flexibility index (Phi) is 4.27. The van der Waals surface area contributed by atoms with Crippen molar-refractivity contribution >= 4 is 17.5 Å². The van der Waals surface area contributed by atoms with Crippen LogP contribution in [0.2, 0.25) is 5.02 Å². The van der Waals surface area contributed by atoms with Crippen LogP contribution in [0.4, 0.5) is 0 Å². The lowest BCUT2D eigenvalue weighted by Gasteiger charge is -2.21. The van der Waals surface area contributed by atoms with E-state index in [2.05, 4.69) is 17.4 Å². The first kappa shape index (κ1) is 13.9. The molecule has 20 heavy (non-hydrogen) atoms. The third-order valence-corrected chi connectivity index (χ3v) is 4.51. The number of nitrogens with zero attached hydrogens (tertiary/aromatic N) is 1. The first-order chi connectivity index (χ1) is 9.74. The summed E-state index contributed by atoms with van der Waals surface area (Å²) in [4.78, 5) is 14.1. The molecule has 2 aliphatic rings. The van der Waals surface area contributed by atoms with E-state index in [1.807, 2.05) is 17.0 Å². The number of carbonyl (C=O) groups is 1. The van der Waals surface area contributed by atoms with Gasteiger partial charge in [0.25, 0.3) is 0 Å². The van der Waals surface area contributed by atoms with Crippen molar-refractivity contribution in [3.63, 3.8) is 0 Å². The molecular formula is C16H21ClN2O. The first-order valence-corrected chi connectivity index (χ1v) is 7.88. The van der Waals surface area contributed by atoms with Crippen LogP contribution >= 0.6 is 11.6 Å². The molecule has 1 atom stereocenters. The third kappa shape index (κ3) is 3.33. The molecule has 1 saturated carbocycles. The molecule has 4 heteroatoms. The Hall–Kier alpha value is -1.06. The van der Waals surface area contributed by atoms with Crippen LogP contribution in [-0.4, -0.2) is 30.4 Å². The summed E-state index contributed by atoms with van der Waals surface area (Å²) in [6, 6.07) is 8.28. The fourth-order valence-corrected chi connectivity index (χ4v) is 3.06. The first-order valence-electron chi connectivity index (χ1n) is 7.50. The SMILES string of the molecule is O=C(CNC(c1ccc(Cl)cc1)C1CC1)N1CCCC1. The highest BCUT2D eigenvalue weighted by atomic mass is 35.5. The van der Waals surface area contributed by atoms with E-state index in [9.17, 15) is 4.79 Å². The van der Waals surface area contributed by atoms with Crippen LogP contribution in [0.3, 0.4) is 0 Å². The Balaban J connectivity index is 1.60. The Morgan fingerprint density at radius 2 is 1.90 bits per heavy atom. The lowest BCUT2D eigenvalue weighted by Crippen LogP contribution is -2.38. The van der Waals surface area contributed by atoms with Gasteiger partial charge in [0, 0.05) is 24.2 Å². The minimum atomic E-state index is 0.238. The summed E-state index contributed by atoms with van der Waals surface area (Å²) in [5, 5.41) is 4.22. The second-order valence-electron chi connectivity index (χ2n) is 5.84. The Bertz CT molecular complexity index is 464. The molecular weight excluding hydrogens is 272 g/mol. The molecule has 0 aromatic heterocycles. The van der Waals surface area contributed by atoms with Gasteiger partial charge in [-0.3, -0.25) is 4.79 Å². The van der Waals surface area contributed by atoms with Gasteiger partial charge in [0.1, 0.15) is 0 Å². The van der Waals surface area contributed by atoms with Gasteiger partial charge >= 0.3 is 0 Å². The number of amides is 1. The molecule has 0 spiro atoms. The lowest BCUT2D eigenvalue weighted by molar-refractivity contribution is -0.129. The summed E-state index contributed by atoms with van der Waals surface area (Å²) < 4.78 is 0. The maximum Gasteiger partial charge on any atom is 0.236 e. The van der Waals surface area contributed by atoms with Crippen LogP contribution in [-0.2, 0) is 4.79 Å². The molecule has 0 radical (unpaired) electrons. The summed E-state index contributed by atoms with van der Waals surface area (Å²) in [5.41, 5.74) is 1.24. The standard InChI is InChI=1S/C16H21ClN2O/c17-14-7-5-13(6-8-14)16(12-3-4-12)18-11-15(20)19-9-1-2-10-19/h5-8,12,16,18H,1-4,9-11H2. The van der Waals surface area contributed by atoms with Gasteiger partial charge in [0.15, 0.2) is 0 Å². The number of benzene rings is 1. The third-order valence-electron chi connectivity index (χ3n) is 4.25. The number of hydrogen-bond acceptors (Lipinski definition) is 2. The fourth-order valence-electron chi connectivity index (χ4n) is 2.93. The number of halogens is 1. The summed E-state index contributed by atoms with van der Waals surface area (Å²) >= 11 is 5.94. The zero-order chi connectivity index (χ0) is 13.9. The smallest absolute Gasteiger partial charge is 0.236 e. The van der Waals surface area contributed by atoms with E-state index in [0.29, 0.717) is 18.5 Å². The van der Waals surface area contributed by atoms with E-state index < -0.39 is 0 Å². The van der Waals surface area contributed by atoms with Gasteiger partial charge in [0.2, 0.25) is 5.91 Å². The molecule has 1 aliphatic heterocycles. The number of carbonyl (C=O) groups excluding carboxylic acids is 1. The van der Waals surface area contributed by atoms with Crippen LogP contribution in [0.25, 0.3) is 0 Å². The van der Waals surface area contributed by atoms with Gasteiger partial charge in [-0.2, -0.15) is 0 Å². The molecule has 1 N–H and O–H groups in total. The summed E-state index contributed by atoms with van der Waals surface area (Å²) in [5.74, 6) is 0.907. The maximum atomic E-state index is 12.1. The second-order valence-corrected chi connectivity index (χ2v) is 6.27. The van der Waals surface area contributed by atoms with E-state index in [1.54, 1.807) is 0 Å². The van der Waals surface area contributed by atoms with E-state index in [0.717, 1.165) is 31.0 Å². The Morgan fingerprint density at radius 1 is 1.25 bits per heavy atom. The van der Waals surface area contributed by atoms with Gasteiger partial charge in [-0.25, -0.2) is 0 Å². The van der Waals surface area contributed by atoms with Crippen molar-refractivity contribution in [2.45, 2.75) is 31.7 Å². The molecule has 1 aromatic rings. The summed E-state index contributed by atoms with van der Waals surface area (Å²) in [6.07, 6.45) is 4.79. The number of likely N-dealkylation sites (tertiary alicyclic amines) is 1. The molecule has 2 fully saturated rings. The van der Waals surface area contributed by atoms with Crippen molar-refractivity contribution in [1.82, 2.24) is 10.2 Å². The van der Waals surface area contributed by atoms with E-state index >= 15 is 0 Å². The Morgan fingerprint density at radius 3 is 2.50 bits per heavy atom. The van der Waals surface area contributed by atoms with Gasteiger partial charge in [-0.15, -0.1) is 0 Å². The average molecular weight is 293 g/mol. The molecule has 3 rings (SSSR count). The van der Waals surface area contributed by atoms with Crippen molar-refractivity contribution in [1.29, 1.82) is 0 Å². The fraction of sp³-hybridized carbons (Fsp3) is 0.562. The van der Waals surface area contributed by atoms with Crippen LogP contribution in [0.15, 0.2) is 24.3 Å². The molecule has 1 unspecified atom stereocenters. The molecule has 1 heterocycles. The van der Waals surface area contributed by atoms with Gasteiger partial charge in [-0.05, 0) is 49.3 Å². The minimum Gasteiger partial charge on any atom is -0.342 e. The van der Waals surface area contributed by atoms with E-state index in [-0.39, 0.29) is 5.91 Å². The Labute approximate surface area is 125 Å². The van der Waals surface area contributed by atoms with Gasteiger partial charge in [-0.1, -0.05) is 23.7 Å². The predicted molar refractivity (Wildman–Crippen MR) is 80.7 cm³/mol. The van der Waals surface area contributed by atoms with Crippen molar-refractivity contribution < 1.29 is 4.79 Å². The molecule has 1 amide bonds. The van der Waals surface area contributed by atoms with Crippen molar-refractivity contribution in [2.24, 2.45) is 5.92 Å². The zero-order valence-electron chi connectivity index (χ0n) is 11.6. The topological polar surface area (TPSA) is 32.3 Å². The predicted octanol–water partition coefficient (Wildman–Crippen LogP) is 3.00. The molecule has 3 nitrogen and oxygen atoms in total. The van der Waals surface area contributed by atoms with Crippen molar-refractivity contribution in [2.75, 3.05) is 19.6 Å². The highest BCUT2D eigenvalue weighted by Gasteiger charge is 2.32. The summed E-state index contributed by atoms with van der Waals surface area (Å²) in [7, 11) is 0.